The molecule has 0 saturated carbocycles. The first kappa shape index (κ1) is 18.1. The van der Waals surface area contributed by atoms with Gasteiger partial charge in [-0.15, -0.1) is 0 Å². The maximum absolute atomic E-state index is 13.0. The number of halogens is 2. The van der Waals surface area contributed by atoms with E-state index in [0.717, 1.165) is 11.1 Å². The fraction of sp³-hybridized carbons (Fsp3) is 0.263. The number of cyclic esters (lactones) is 1. The van der Waals surface area contributed by atoms with Crippen molar-refractivity contribution in [2.45, 2.75) is 21.2 Å². The Morgan fingerprint density at radius 1 is 1.08 bits per heavy atom. The number of esters is 2. The van der Waals surface area contributed by atoms with E-state index in [1.807, 2.05) is 60.7 Å². The van der Waals surface area contributed by atoms with E-state index in [1.54, 1.807) is 0 Å². The SMILES string of the molecule is COC(=O)C1(Br)CC(c2ccccc2)C(Br)(c2ccccc2)C(=O)O1. The molecule has 3 unspecified atom stereocenters. The van der Waals surface area contributed by atoms with Gasteiger partial charge in [-0.2, -0.15) is 0 Å². The third kappa shape index (κ3) is 3.13. The number of rotatable bonds is 3. The van der Waals surface area contributed by atoms with Gasteiger partial charge in [0.15, 0.2) is 4.32 Å². The molecule has 4 nitrogen and oxygen atoms in total. The first-order valence-corrected chi connectivity index (χ1v) is 9.30. The van der Waals surface area contributed by atoms with Crippen LogP contribution in [0.15, 0.2) is 60.7 Å². The maximum Gasteiger partial charge on any atom is 0.361 e. The number of carbonyl (C=O) groups excluding carboxylic acids is 2. The van der Waals surface area contributed by atoms with E-state index in [9.17, 15) is 9.59 Å². The largest absolute Gasteiger partial charge is 0.465 e. The molecule has 3 rings (SSSR count). The predicted octanol–water partition coefficient (Wildman–Crippen LogP) is 4.27. The van der Waals surface area contributed by atoms with E-state index in [0.29, 0.717) is 0 Å². The van der Waals surface area contributed by atoms with Crippen LogP contribution in [0.25, 0.3) is 0 Å². The Hall–Kier alpha value is -1.66. The van der Waals surface area contributed by atoms with Crippen molar-refractivity contribution >= 4 is 43.8 Å². The summed E-state index contributed by atoms with van der Waals surface area (Å²) in [5.41, 5.74) is 1.70. The predicted molar refractivity (Wildman–Crippen MR) is 101 cm³/mol. The summed E-state index contributed by atoms with van der Waals surface area (Å²) < 4.78 is 7.72. The lowest BCUT2D eigenvalue weighted by Gasteiger charge is -2.44. The summed E-state index contributed by atoms with van der Waals surface area (Å²) in [5.74, 6) is -1.51. The van der Waals surface area contributed by atoms with E-state index in [2.05, 4.69) is 31.9 Å². The van der Waals surface area contributed by atoms with Crippen molar-refractivity contribution in [1.82, 2.24) is 0 Å². The highest BCUT2D eigenvalue weighted by Crippen LogP contribution is 2.55. The van der Waals surface area contributed by atoms with E-state index in [1.165, 1.54) is 7.11 Å². The van der Waals surface area contributed by atoms with Gasteiger partial charge in [-0.05, 0) is 27.1 Å². The van der Waals surface area contributed by atoms with Gasteiger partial charge in [0.1, 0.15) is 0 Å². The molecule has 0 aromatic heterocycles. The monoisotopic (exact) mass is 466 g/mol. The molecule has 0 radical (unpaired) electrons. The Kier molecular flexibility index (Phi) is 5.02. The molecule has 3 atom stereocenters. The topological polar surface area (TPSA) is 52.6 Å². The number of hydrogen-bond donors (Lipinski definition) is 0. The molecular formula is C19H16Br2O4. The summed E-state index contributed by atoms with van der Waals surface area (Å²) >= 11 is 6.93. The molecule has 25 heavy (non-hydrogen) atoms. The Morgan fingerprint density at radius 3 is 2.20 bits per heavy atom. The average molecular weight is 468 g/mol. The molecule has 2 aromatic carbocycles. The van der Waals surface area contributed by atoms with Crippen LogP contribution in [0.4, 0.5) is 0 Å². The first-order valence-electron chi connectivity index (χ1n) is 7.72. The standard InChI is InChI=1S/C19H16Br2O4/c1-24-16(22)18(20)12-15(13-8-4-2-5-9-13)19(21,17(23)25-18)14-10-6-3-7-11-14/h2-11,15H,12H2,1H3. The Bertz CT molecular complexity index is 781. The van der Waals surface area contributed by atoms with Crippen LogP contribution in [-0.2, 0) is 23.4 Å². The van der Waals surface area contributed by atoms with E-state index in [4.69, 9.17) is 9.47 Å². The number of hydrogen-bond acceptors (Lipinski definition) is 4. The molecule has 0 bridgehead atoms. The molecule has 6 heteroatoms. The van der Waals surface area contributed by atoms with Crippen molar-refractivity contribution in [2.24, 2.45) is 0 Å². The molecule has 1 aliphatic heterocycles. The van der Waals surface area contributed by atoms with Gasteiger partial charge < -0.3 is 9.47 Å². The van der Waals surface area contributed by atoms with Crippen LogP contribution >= 0.6 is 31.9 Å². The van der Waals surface area contributed by atoms with Crippen LogP contribution < -0.4 is 0 Å². The van der Waals surface area contributed by atoms with Gasteiger partial charge in [0.2, 0.25) is 0 Å². The number of ether oxygens (including phenoxy) is 2. The summed E-state index contributed by atoms with van der Waals surface area (Å²) in [6.45, 7) is 0. The number of alkyl halides is 2. The fourth-order valence-corrected chi connectivity index (χ4v) is 4.52. The van der Waals surface area contributed by atoms with Crippen LogP contribution in [0.2, 0.25) is 0 Å². The molecule has 1 fully saturated rings. The van der Waals surface area contributed by atoms with Crippen LogP contribution in [0.1, 0.15) is 23.5 Å². The van der Waals surface area contributed by atoms with Gasteiger partial charge in [0, 0.05) is 12.3 Å². The Labute approximate surface area is 162 Å². The Balaban J connectivity index is 2.14. The molecule has 0 spiro atoms. The number of carbonyl (C=O) groups is 2. The third-order valence-corrected chi connectivity index (χ3v) is 6.53. The summed E-state index contributed by atoms with van der Waals surface area (Å²) in [6.07, 6.45) is 0.232. The zero-order valence-corrected chi connectivity index (χ0v) is 16.6. The van der Waals surface area contributed by atoms with Crippen molar-refractivity contribution in [3.8, 4) is 0 Å². The summed E-state index contributed by atoms with van der Waals surface area (Å²) in [5, 5.41) is 0. The zero-order valence-electron chi connectivity index (χ0n) is 13.4. The van der Waals surface area contributed by atoms with Gasteiger partial charge in [-0.25, -0.2) is 4.79 Å². The van der Waals surface area contributed by atoms with E-state index < -0.39 is 20.8 Å². The lowest BCUT2D eigenvalue weighted by Crippen LogP contribution is -2.53. The second-order valence-corrected chi connectivity index (χ2v) is 8.39. The average Bonchev–Trinajstić information content (AvgIpc) is 2.65. The second-order valence-electron chi connectivity index (χ2n) is 5.85. The molecule has 1 saturated heterocycles. The van der Waals surface area contributed by atoms with Crippen molar-refractivity contribution in [3.63, 3.8) is 0 Å². The highest BCUT2D eigenvalue weighted by molar-refractivity contribution is 9.10. The zero-order chi connectivity index (χ0) is 18.1. The summed E-state index contributed by atoms with van der Waals surface area (Å²) in [6, 6.07) is 18.9. The van der Waals surface area contributed by atoms with E-state index in [-0.39, 0.29) is 12.3 Å². The number of benzene rings is 2. The van der Waals surface area contributed by atoms with Gasteiger partial charge >= 0.3 is 11.9 Å². The van der Waals surface area contributed by atoms with Crippen molar-refractivity contribution in [2.75, 3.05) is 7.11 Å². The first-order chi connectivity index (χ1) is 11.9. The minimum absolute atomic E-state index is 0.232. The summed E-state index contributed by atoms with van der Waals surface area (Å²) in [4.78, 5) is 25.2. The lowest BCUT2D eigenvalue weighted by molar-refractivity contribution is -0.177. The van der Waals surface area contributed by atoms with Crippen LogP contribution in [-0.4, -0.2) is 23.6 Å². The molecule has 130 valence electrons. The van der Waals surface area contributed by atoms with Gasteiger partial charge in [0.25, 0.3) is 4.51 Å². The highest BCUT2D eigenvalue weighted by atomic mass is 79.9. The molecule has 0 amide bonds. The molecule has 1 heterocycles. The van der Waals surface area contributed by atoms with Gasteiger partial charge in [-0.3, -0.25) is 4.79 Å². The minimum atomic E-state index is -1.51. The fourth-order valence-electron chi connectivity index (χ4n) is 3.12. The normalized spacial score (nSPS) is 28.9. The van der Waals surface area contributed by atoms with Gasteiger partial charge in [-0.1, -0.05) is 76.6 Å². The van der Waals surface area contributed by atoms with Crippen LogP contribution in [0, 0.1) is 0 Å². The maximum atomic E-state index is 13.0. The molecule has 0 aliphatic carbocycles. The number of methoxy groups -OCH3 is 1. The quantitative estimate of drug-likeness (QED) is 0.499. The van der Waals surface area contributed by atoms with Crippen molar-refractivity contribution < 1.29 is 19.1 Å². The van der Waals surface area contributed by atoms with Crippen LogP contribution in [0.3, 0.4) is 0 Å². The Morgan fingerprint density at radius 2 is 1.64 bits per heavy atom. The highest BCUT2D eigenvalue weighted by Gasteiger charge is 2.59. The van der Waals surface area contributed by atoms with Gasteiger partial charge in [0.05, 0.1) is 7.11 Å². The lowest BCUT2D eigenvalue weighted by atomic mass is 9.76. The molecule has 0 N–H and O–H groups in total. The van der Waals surface area contributed by atoms with E-state index >= 15 is 0 Å². The van der Waals surface area contributed by atoms with Crippen molar-refractivity contribution in [3.05, 3.63) is 71.8 Å². The second kappa shape index (κ2) is 6.92. The molecular weight excluding hydrogens is 452 g/mol. The van der Waals surface area contributed by atoms with Crippen LogP contribution in [0.5, 0.6) is 0 Å². The molecule has 1 aliphatic rings. The summed E-state index contributed by atoms with van der Waals surface area (Å²) in [7, 11) is 1.27. The molecule has 2 aromatic rings. The third-order valence-electron chi connectivity index (χ3n) is 4.38. The smallest absolute Gasteiger partial charge is 0.361 e. The van der Waals surface area contributed by atoms with Crippen molar-refractivity contribution in [1.29, 1.82) is 0 Å². The minimum Gasteiger partial charge on any atom is -0.465 e.